The van der Waals surface area contributed by atoms with Crippen LogP contribution in [0.2, 0.25) is 0 Å². The van der Waals surface area contributed by atoms with E-state index in [0.29, 0.717) is 35.2 Å². The van der Waals surface area contributed by atoms with E-state index in [9.17, 15) is 4.79 Å². The third-order valence-corrected chi connectivity index (χ3v) is 5.84. The maximum Gasteiger partial charge on any atom is 0.242 e. The first-order valence-corrected chi connectivity index (χ1v) is 10.9. The van der Waals surface area contributed by atoms with Crippen molar-refractivity contribution in [1.82, 2.24) is 34.7 Å². The van der Waals surface area contributed by atoms with Gasteiger partial charge in [-0.25, -0.2) is 9.97 Å². The van der Waals surface area contributed by atoms with Crippen LogP contribution in [-0.4, -0.2) is 55.0 Å². The smallest absolute Gasteiger partial charge is 0.242 e. The zero-order valence-corrected chi connectivity index (χ0v) is 18.4. The van der Waals surface area contributed by atoms with Crippen LogP contribution < -0.4 is 15.4 Å². The molecule has 0 saturated carbocycles. The summed E-state index contributed by atoms with van der Waals surface area (Å²) in [4.78, 5) is 22.2. The number of rotatable bonds is 5. The van der Waals surface area contributed by atoms with Crippen LogP contribution in [0.5, 0.6) is 5.75 Å². The van der Waals surface area contributed by atoms with Gasteiger partial charge in [0.1, 0.15) is 17.3 Å². The van der Waals surface area contributed by atoms with E-state index in [-0.39, 0.29) is 5.91 Å². The average molecular weight is 435 g/mol. The summed E-state index contributed by atoms with van der Waals surface area (Å²) >= 11 is 0. The Morgan fingerprint density at radius 2 is 2.12 bits per heavy atom. The van der Waals surface area contributed by atoms with Crippen molar-refractivity contribution < 1.29 is 9.53 Å². The van der Waals surface area contributed by atoms with Gasteiger partial charge in [-0.1, -0.05) is 6.07 Å². The number of carbonyl (C=O) groups is 1. The number of nitrogens with one attached hydrogen (secondary N) is 2. The number of ether oxygens (including phenoxy) is 1. The molecule has 0 bridgehead atoms. The van der Waals surface area contributed by atoms with Crippen molar-refractivity contribution in [2.24, 2.45) is 0 Å². The Balaban J connectivity index is 1.70. The summed E-state index contributed by atoms with van der Waals surface area (Å²) in [7, 11) is 1.62. The molecule has 1 aliphatic heterocycles. The van der Waals surface area contributed by atoms with Gasteiger partial charge in [0.15, 0.2) is 11.5 Å². The third-order valence-electron chi connectivity index (χ3n) is 5.84. The number of nitrogens with zero attached hydrogens (tertiary/aromatic N) is 6. The van der Waals surface area contributed by atoms with Gasteiger partial charge in [0.05, 0.1) is 18.4 Å². The molecule has 1 saturated heterocycles. The minimum Gasteiger partial charge on any atom is -0.494 e. The standard InChI is InChI=1S/C22H26N8O2/c1-4-29-12-15(13(2)27-29)19-26-20-14-8-7-10-17(32-3)18(14)25-22(30(20)28-19)24-16-9-5-6-11-23-21(16)31/h7-8,10,12,16H,4-6,9,11H2,1-3H3,(H,23,31)(H,24,25)/t16-/m1/s1. The number of methoxy groups -OCH3 is 1. The highest BCUT2D eigenvalue weighted by Crippen LogP contribution is 2.30. The number of hydrogen-bond acceptors (Lipinski definition) is 7. The number of aryl methyl sites for hydroxylation is 2. The summed E-state index contributed by atoms with van der Waals surface area (Å²) in [6.45, 7) is 5.44. The van der Waals surface area contributed by atoms with Crippen LogP contribution in [0.25, 0.3) is 27.9 Å². The third kappa shape index (κ3) is 3.41. The fourth-order valence-corrected chi connectivity index (χ4v) is 4.11. The van der Waals surface area contributed by atoms with Gasteiger partial charge in [-0.05, 0) is 45.2 Å². The molecule has 5 rings (SSSR count). The van der Waals surface area contributed by atoms with Gasteiger partial charge in [0, 0.05) is 24.7 Å². The second-order valence-corrected chi connectivity index (χ2v) is 7.93. The molecule has 2 N–H and O–H groups in total. The molecule has 10 heteroatoms. The molecule has 1 fully saturated rings. The maximum atomic E-state index is 12.6. The van der Waals surface area contributed by atoms with E-state index in [2.05, 4.69) is 15.7 Å². The fourth-order valence-electron chi connectivity index (χ4n) is 4.11. The highest BCUT2D eigenvalue weighted by atomic mass is 16.5. The number of para-hydroxylation sites is 1. The molecule has 10 nitrogen and oxygen atoms in total. The molecule has 4 heterocycles. The van der Waals surface area contributed by atoms with Crippen molar-refractivity contribution in [1.29, 1.82) is 0 Å². The van der Waals surface area contributed by atoms with Gasteiger partial charge in [0.2, 0.25) is 11.9 Å². The van der Waals surface area contributed by atoms with Crippen LogP contribution >= 0.6 is 0 Å². The molecule has 1 aromatic carbocycles. The Morgan fingerprint density at radius 3 is 2.91 bits per heavy atom. The summed E-state index contributed by atoms with van der Waals surface area (Å²) in [5, 5.41) is 16.4. The van der Waals surface area contributed by atoms with E-state index in [1.165, 1.54) is 0 Å². The predicted molar refractivity (Wildman–Crippen MR) is 121 cm³/mol. The maximum absolute atomic E-state index is 12.6. The number of anilines is 1. The van der Waals surface area contributed by atoms with Crippen molar-refractivity contribution >= 4 is 28.4 Å². The van der Waals surface area contributed by atoms with Crippen LogP contribution in [0.4, 0.5) is 5.95 Å². The molecule has 0 spiro atoms. The number of aromatic nitrogens is 6. The van der Waals surface area contributed by atoms with Crippen molar-refractivity contribution in [2.45, 2.75) is 45.7 Å². The number of benzene rings is 1. The highest BCUT2D eigenvalue weighted by Gasteiger charge is 2.24. The van der Waals surface area contributed by atoms with E-state index >= 15 is 0 Å². The van der Waals surface area contributed by atoms with E-state index < -0.39 is 6.04 Å². The summed E-state index contributed by atoms with van der Waals surface area (Å²) in [5.74, 6) is 1.63. The molecule has 4 aromatic rings. The van der Waals surface area contributed by atoms with Crippen LogP contribution in [0.15, 0.2) is 24.4 Å². The number of amides is 1. The average Bonchev–Trinajstić information content (AvgIpc) is 3.35. The fraction of sp³-hybridized carbons (Fsp3) is 0.409. The van der Waals surface area contributed by atoms with E-state index in [4.69, 9.17) is 19.8 Å². The molecule has 1 aliphatic rings. The highest BCUT2D eigenvalue weighted by molar-refractivity contribution is 5.96. The molecule has 0 radical (unpaired) electrons. The minimum absolute atomic E-state index is 0.0296. The molecule has 0 aliphatic carbocycles. The molecule has 32 heavy (non-hydrogen) atoms. The number of carbonyl (C=O) groups excluding carboxylic acids is 1. The minimum atomic E-state index is -0.391. The van der Waals surface area contributed by atoms with Gasteiger partial charge in [0.25, 0.3) is 0 Å². The quantitative estimate of drug-likeness (QED) is 0.496. The summed E-state index contributed by atoms with van der Waals surface area (Å²) < 4.78 is 9.10. The molecule has 1 atom stereocenters. The van der Waals surface area contributed by atoms with Crippen molar-refractivity contribution in [3.63, 3.8) is 0 Å². The lowest BCUT2D eigenvalue weighted by Crippen LogP contribution is -2.38. The van der Waals surface area contributed by atoms with Crippen LogP contribution in [-0.2, 0) is 11.3 Å². The van der Waals surface area contributed by atoms with Crippen LogP contribution in [0.3, 0.4) is 0 Å². The van der Waals surface area contributed by atoms with Crippen molar-refractivity contribution in [3.8, 4) is 17.1 Å². The molecule has 1 amide bonds. The number of hydrogen-bond donors (Lipinski definition) is 2. The zero-order chi connectivity index (χ0) is 22.2. The molecular weight excluding hydrogens is 408 g/mol. The summed E-state index contributed by atoms with van der Waals surface area (Å²) in [5.41, 5.74) is 3.03. The lowest BCUT2D eigenvalue weighted by molar-refractivity contribution is -0.121. The number of fused-ring (bicyclic) bond motifs is 3. The molecule has 0 unspecified atom stereocenters. The first kappa shape index (κ1) is 20.2. The van der Waals surface area contributed by atoms with Crippen molar-refractivity contribution in [2.75, 3.05) is 19.0 Å². The molecule has 166 valence electrons. The van der Waals surface area contributed by atoms with Gasteiger partial charge in [-0.2, -0.15) is 9.61 Å². The van der Waals surface area contributed by atoms with E-state index in [1.54, 1.807) is 11.6 Å². The second-order valence-electron chi connectivity index (χ2n) is 7.93. The Kier molecular flexibility index (Phi) is 5.12. The Bertz CT molecular complexity index is 1310. The van der Waals surface area contributed by atoms with Crippen molar-refractivity contribution in [3.05, 3.63) is 30.1 Å². The summed E-state index contributed by atoms with van der Waals surface area (Å²) in [6.07, 6.45) is 4.59. The van der Waals surface area contributed by atoms with Crippen LogP contribution in [0, 0.1) is 6.92 Å². The van der Waals surface area contributed by atoms with Gasteiger partial charge < -0.3 is 15.4 Å². The lowest BCUT2D eigenvalue weighted by Gasteiger charge is -2.17. The lowest BCUT2D eigenvalue weighted by atomic mass is 10.1. The summed E-state index contributed by atoms with van der Waals surface area (Å²) in [6, 6.07) is 5.32. The Hall–Kier alpha value is -3.69. The van der Waals surface area contributed by atoms with Crippen LogP contribution in [0.1, 0.15) is 31.9 Å². The monoisotopic (exact) mass is 434 g/mol. The Morgan fingerprint density at radius 1 is 1.25 bits per heavy atom. The van der Waals surface area contributed by atoms with Gasteiger partial charge >= 0.3 is 0 Å². The zero-order valence-electron chi connectivity index (χ0n) is 18.4. The van der Waals surface area contributed by atoms with E-state index in [1.807, 2.05) is 42.9 Å². The first-order chi connectivity index (χ1) is 15.6. The topological polar surface area (TPSA) is 111 Å². The predicted octanol–water partition coefficient (Wildman–Crippen LogP) is 2.56. The SMILES string of the molecule is CCn1cc(-c2nc3c4cccc(OC)c4nc(N[C@@H]4CCCCNC4=O)n3n2)c(C)n1. The molecular formula is C22H26N8O2. The Labute approximate surface area is 185 Å². The molecule has 3 aromatic heterocycles. The first-order valence-electron chi connectivity index (χ1n) is 10.9. The largest absolute Gasteiger partial charge is 0.494 e. The second kappa shape index (κ2) is 8.10. The van der Waals surface area contributed by atoms with Gasteiger partial charge in [-0.3, -0.25) is 9.48 Å². The van der Waals surface area contributed by atoms with Gasteiger partial charge in [-0.15, -0.1) is 5.10 Å². The normalized spacial score (nSPS) is 16.8. The van der Waals surface area contributed by atoms with E-state index in [0.717, 1.165) is 42.5 Å².